The molecule has 1 aromatic heterocycles. The van der Waals surface area contributed by atoms with E-state index in [0.29, 0.717) is 5.69 Å². The first kappa shape index (κ1) is 14.8. The number of pyridine rings is 1. The van der Waals surface area contributed by atoms with Gasteiger partial charge in [0.1, 0.15) is 5.15 Å². The highest BCUT2D eigenvalue weighted by Crippen LogP contribution is 2.21. The summed E-state index contributed by atoms with van der Waals surface area (Å²) in [4.78, 5) is 18.0. The van der Waals surface area contributed by atoms with Crippen LogP contribution in [0.1, 0.15) is 16.8 Å². The van der Waals surface area contributed by atoms with Crippen molar-refractivity contribution in [2.24, 2.45) is 0 Å². The minimum absolute atomic E-state index is 0.195. The number of nitrogens with two attached hydrogens (primary N) is 1. The zero-order chi connectivity index (χ0) is 15.2. The number of nitrogen functional groups attached to an aromatic ring is 1. The van der Waals surface area contributed by atoms with E-state index in [9.17, 15) is 4.79 Å². The Kier molecular flexibility index (Phi) is 4.75. The Morgan fingerprint density at radius 3 is 2.76 bits per heavy atom. The third kappa shape index (κ3) is 3.50. The van der Waals surface area contributed by atoms with Crippen LogP contribution in [0.25, 0.3) is 0 Å². The van der Waals surface area contributed by atoms with Gasteiger partial charge in [0.2, 0.25) is 0 Å². The molecule has 21 heavy (non-hydrogen) atoms. The van der Waals surface area contributed by atoms with Gasteiger partial charge in [0, 0.05) is 12.2 Å². The van der Waals surface area contributed by atoms with E-state index < -0.39 is 0 Å². The van der Waals surface area contributed by atoms with Gasteiger partial charge >= 0.3 is 0 Å². The third-order valence-electron chi connectivity index (χ3n) is 2.89. The van der Waals surface area contributed by atoms with E-state index in [-0.39, 0.29) is 35.3 Å². The van der Waals surface area contributed by atoms with Crippen molar-refractivity contribution >= 4 is 28.9 Å². The van der Waals surface area contributed by atoms with Crippen LogP contribution >= 0.6 is 11.6 Å². The number of anilines is 2. The second-order valence-corrected chi connectivity index (χ2v) is 4.68. The summed E-state index contributed by atoms with van der Waals surface area (Å²) in [5.74, 6) is -0.307. The van der Waals surface area contributed by atoms with Crippen molar-refractivity contribution in [2.75, 3.05) is 17.2 Å². The van der Waals surface area contributed by atoms with Crippen molar-refractivity contribution in [3.8, 4) is 6.07 Å². The molecule has 0 aliphatic rings. The number of rotatable bonds is 4. The van der Waals surface area contributed by atoms with Gasteiger partial charge in [-0.3, -0.25) is 4.79 Å². The molecule has 5 nitrogen and oxygen atoms in total. The third-order valence-corrected chi connectivity index (χ3v) is 3.10. The van der Waals surface area contributed by atoms with Crippen molar-refractivity contribution < 1.29 is 4.79 Å². The number of benzene rings is 1. The Labute approximate surface area is 127 Å². The van der Waals surface area contributed by atoms with E-state index in [0.717, 1.165) is 0 Å². The lowest BCUT2D eigenvalue weighted by atomic mass is 10.1. The maximum absolute atomic E-state index is 12.7. The minimum atomic E-state index is -0.307. The van der Waals surface area contributed by atoms with Crippen LogP contribution in [0.15, 0.2) is 42.6 Å². The number of nitrogens with zero attached hydrogens (tertiary/aromatic N) is 3. The predicted molar refractivity (Wildman–Crippen MR) is 82.0 cm³/mol. The van der Waals surface area contributed by atoms with Crippen LogP contribution < -0.4 is 10.6 Å². The van der Waals surface area contributed by atoms with Gasteiger partial charge in [-0.1, -0.05) is 29.8 Å². The van der Waals surface area contributed by atoms with Gasteiger partial charge in [0.15, 0.2) is 0 Å². The quantitative estimate of drug-likeness (QED) is 0.880. The molecule has 1 aromatic carbocycles. The molecule has 0 fully saturated rings. The van der Waals surface area contributed by atoms with Crippen molar-refractivity contribution in [3.05, 3.63) is 53.3 Å². The molecule has 6 heteroatoms. The molecule has 1 amide bonds. The van der Waals surface area contributed by atoms with Crippen LogP contribution in [-0.4, -0.2) is 17.4 Å². The van der Waals surface area contributed by atoms with Crippen LogP contribution in [0, 0.1) is 11.3 Å². The summed E-state index contributed by atoms with van der Waals surface area (Å²) < 4.78 is 0. The topological polar surface area (TPSA) is 83.0 Å². The van der Waals surface area contributed by atoms with E-state index >= 15 is 0 Å². The summed E-state index contributed by atoms with van der Waals surface area (Å²) in [6.07, 6.45) is 1.57. The molecule has 0 radical (unpaired) electrons. The van der Waals surface area contributed by atoms with Crippen LogP contribution in [0.2, 0.25) is 5.15 Å². The average Bonchev–Trinajstić information content (AvgIpc) is 2.51. The van der Waals surface area contributed by atoms with Gasteiger partial charge in [-0.25, -0.2) is 4.98 Å². The molecule has 0 aliphatic heterocycles. The molecule has 0 spiro atoms. The summed E-state index contributed by atoms with van der Waals surface area (Å²) in [6, 6.07) is 12.6. The number of aromatic nitrogens is 1. The van der Waals surface area contributed by atoms with Gasteiger partial charge in [0.05, 0.1) is 29.9 Å². The second kappa shape index (κ2) is 6.73. The average molecular weight is 301 g/mol. The molecule has 0 aliphatic carbocycles. The molecule has 0 saturated carbocycles. The molecule has 2 N–H and O–H groups in total. The first-order chi connectivity index (χ1) is 10.1. The second-order valence-electron chi connectivity index (χ2n) is 4.29. The van der Waals surface area contributed by atoms with Crippen molar-refractivity contribution in [2.45, 2.75) is 6.42 Å². The fraction of sp³-hybridized carbons (Fsp3) is 0.133. The van der Waals surface area contributed by atoms with Crippen LogP contribution in [0.5, 0.6) is 0 Å². The van der Waals surface area contributed by atoms with Crippen LogP contribution in [0.4, 0.5) is 11.4 Å². The predicted octanol–water partition coefficient (Wildman–Crippen LogP) is 2.88. The molecule has 1 heterocycles. The van der Waals surface area contributed by atoms with Gasteiger partial charge in [-0.15, -0.1) is 0 Å². The van der Waals surface area contributed by atoms with Gasteiger partial charge < -0.3 is 10.6 Å². The van der Waals surface area contributed by atoms with E-state index in [1.807, 2.05) is 24.3 Å². The van der Waals surface area contributed by atoms with E-state index in [4.69, 9.17) is 22.6 Å². The zero-order valence-corrected chi connectivity index (χ0v) is 11.9. The van der Waals surface area contributed by atoms with Crippen molar-refractivity contribution in [3.63, 3.8) is 0 Å². The van der Waals surface area contributed by atoms with E-state index in [2.05, 4.69) is 4.98 Å². The Morgan fingerprint density at radius 1 is 1.38 bits per heavy atom. The fourth-order valence-corrected chi connectivity index (χ4v) is 2.05. The van der Waals surface area contributed by atoms with Gasteiger partial charge in [-0.05, 0) is 18.2 Å². The summed E-state index contributed by atoms with van der Waals surface area (Å²) in [5, 5.41) is 8.96. The molecule has 0 unspecified atom stereocenters. The number of amides is 1. The van der Waals surface area contributed by atoms with Crippen LogP contribution in [0.3, 0.4) is 0 Å². The van der Waals surface area contributed by atoms with Crippen molar-refractivity contribution in [1.29, 1.82) is 5.26 Å². The summed E-state index contributed by atoms with van der Waals surface area (Å²) in [5.41, 5.74) is 7.03. The number of halogens is 1. The number of para-hydroxylation sites is 1. The molecule has 0 bridgehead atoms. The van der Waals surface area contributed by atoms with Crippen molar-refractivity contribution in [1.82, 2.24) is 4.98 Å². The minimum Gasteiger partial charge on any atom is -0.397 e. The SMILES string of the molecule is N#CCCN(C(=O)c1cc(Cl)ncc1N)c1ccccc1. The summed E-state index contributed by atoms with van der Waals surface area (Å²) >= 11 is 5.83. The zero-order valence-electron chi connectivity index (χ0n) is 11.2. The number of hydrogen-bond donors (Lipinski definition) is 1. The highest BCUT2D eigenvalue weighted by molar-refractivity contribution is 6.30. The summed E-state index contributed by atoms with van der Waals surface area (Å²) in [7, 11) is 0. The Hall–Kier alpha value is -2.58. The first-order valence-electron chi connectivity index (χ1n) is 6.28. The lowest BCUT2D eigenvalue weighted by molar-refractivity contribution is 0.0988. The van der Waals surface area contributed by atoms with Crippen LogP contribution in [-0.2, 0) is 0 Å². The molecule has 2 rings (SSSR count). The van der Waals surface area contributed by atoms with Gasteiger partial charge in [0.25, 0.3) is 5.91 Å². The van der Waals surface area contributed by atoms with E-state index in [1.165, 1.54) is 17.2 Å². The normalized spacial score (nSPS) is 9.90. The standard InChI is InChI=1S/C15H13ClN4O/c16-14-9-12(13(18)10-19-14)15(21)20(8-4-7-17)11-5-2-1-3-6-11/h1-3,5-6,9-10H,4,8,18H2. The monoisotopic (exact) mass is 300 g/mol. The van der Waals surface area contributed by atoms with E-state index in [1.54, 1.807) is 12.1 Å². The highest BCUT2D eigenvalue weighted by atomic mass is 35.5. The summed E-state index contributed by atoms with van der Waals surface area (Å²) in [6.45, 7) is 0.277. The van der Waals surface area contributed by atoms with Gasteiger partial charge in [-0.2, -0.15) is 5.26 Å². The molecular formula is C15H13ClN4O. The molecule has 106 valence electrons. The molecular weight excluding hydrogens is 288 g/mol. The smallest absolute Gasteiger partial charge is 0.260 e. The largest absolute Gasteiger partial charge is 0.397 e. The Bertz CT molecular complexity index is 682. The first-order valence-corrected chi connectivity index (χ1v) is 6.66. The molecule has 0 atom stereocenters. The maximum Gasteiger partial charge on any atom is 0.260 e. The molecule has 2 aromatic rings. The Morgan fingerprint density at radius 2 is 2.10 bits per heavy atom. The maximum atomic E-state index is 12.7. The number of nitriles is 1. The molecule has 0 saturated heterocycles. The highest BCUT2D eigenvalue weighted by Gasteiger charge is 2.20. The number of carbonyl (C=O) groups excluding carboxylic acids is 1. The number of carbonyl (C=O) groups is 1. The Balaban J connectivity index is 2.39. The fourth-order valence-electron chi connectivity index (χ4n) is 1.89. The number of hydrogen-bond acceptors (Lipinski definition) is 4. The lowest BCUT2D eigenvalue weighted by Crippen LogP contribution is -2.32. The lowest BCUT2D eigenvalue weighted by Gasteiger charge is -2.22.